The summed E-state index contributed by atoms with van der Waals surface area (Å²) in [5, 5.41) is 9.13. The van der Waals surface area contributed by atoms with Gasteiger partial charge in [-0.15, -0.1) is 0 Å². The first-order valence-corrected chi connectivity index (χ1v) is 10.3. The van der Waals surface area contributed by atoms with Crippen LogP contribution in [0.1, 0.15) is 58.6 Å². The van der Waals surface area contributed by atoms with Crippen molar-refractivity contribution in [2.24, 2.45) is 5.92 Å². The van der Waals surface area contributed by atoms with Gasteiger partial charge in [0.15, 0.2) is 5.92 Å². The fourth-order valence-electron chi connectivity index (χ4n) is 4.21. The molecule has 166 valence electrons. The third-order valence-corrected chi connectivity index (χ3v) is 5.61. The van der Waals surface area contributed by atoms with Crippen LogP contribution >= 0.6 is 0 Å². The number of benzene rings is 1. The molecule has 1 aromatic rings. The predicted molar refractivity (Wildman–Crippen MR) is 110 cm³/mol. The minimum absolute atomic E-state index is 0.301. The largest absolute Gasteiger partial charge is 0.444 e. The molecule has 0 unspecified atom stereocenters. The summed E-state index contributed by atoms with van der Waals surface area (Å²) in [5.74, 6) is -3.77. The molecule has 1 aromatic carbocycles. The summed E-state index contributed by atoms with van der Waals surface area (Å²) in [6.07, 6.45) is 0.247. The molecule has 2 fully saturated rings. The Hall–Kier alpha value is -3.08. The number of amides is 1. The van der Waals surface area contributed by atoms with Crippen LogP contribution in [-0.2, 0) is 29.2 Å². The Morgan fingerprint density at radius 3 is 2.06 bits per heavy atom. The lowest BCUT2D eigenvalue weighted by atomic mass is 9.64. The minimum atomic E-state index is -1.33. The molecule has 0 radical (unpaired) electrons. The van der Waals surface area contributed by atoms with Crippen molar-refractivity contribution in [3.63, 3.8) is 0 Å². The first kappa shape index (κ1) is 22.6. The highest BCUT2D eigenvalue weighted by atomic mass is 16.7. The van der Waals surface area contributed by atoms with Gasteiger partial charge in [-0.1, -0.05) is 12.1 Å². The summed E-state index contributed by atoms with van der Waals surface area (Å²) in [6.45, 7) is 9.02. The summed E-state index contributed by atoms with van der Waals surface area (Å²) in [7, 11) is 0. The molecule has 0 saturated carbocycles. The van der Waals surface area contributed by atoms with Crippen molar-refractivity contribution in [2.45, 2.75) is 64.3 Å². The molecule has 0 aromatic heterocycles. The number of esters is 2. The first-order valence-electron chi connectivity index (χ1n) is 10.3. The fourth-order valence-corrected chi connectivity index (χ4v) is 4.21. The zero-order valence-electron chi connectivity index (χ0n) is 18.6. The summed E-state index contributed by atoms with van der Waals surface area (Å²) >= 11 is 0. The van der Waals surface area contributed by atoms with Gasteiger partial charge in [0.05, 0.1) is 11.6 Å². The van der Waals surface area contributed by atoms with E-state index in [1.165, 1.54) is 13.8 Å². The molecule has 2 aliphatic heterocycles. The van der Waals surface area contributed by atoms with Gasteiger partial charge in [0.25, 0.3) is 5.79 Å². The summed E-state index contributed by atoms with van der Waals surface area (Å²) < 4.78 is 16.3. The van der Waals surface area contributed by atoms with Crippen LogP contribution < -0.4 is 0 Å². The van der Waals surface area contributed by atoms with Crippen LogP contribution in [0.3, 0.4) is 0 Å². The van der Waals surface area contributed by atoms with Crippen LogP contribution in [0.2, 0.25) is 0 Å². The third-order valence-electron chi connectivity index (χ3n) is 5.61. The van der Waals surface area contributed by atoms with E-state index >= 15 is 0 Å². The van der Waals surface area contributed by atoms with E-state index in [9.17, 15) is 14.4 Å². The first-order chi connectivity index (χ1) is 14.4. The quantitative estimate of drug-likeness (QED) is 0.526. The molecule has 2 saturated heterocycles. The zero-order chi connectivity index (χ0) is 23.0. The molecule has 0 N–H and O–H groups in total. The number of piperidine rings is 1. The molecule has 0 spiro atoms. The Morgan fingerprint density at radius 2 is 1.61 bits per heavy atom. The Labute approximate surface area is 182 Å². The third kappa shape index (κ3) is 4.66. The van der Waals surface area contributed by atoms with Crippen molar-refractivity contribution in [2.75, 3.05) is 13.1 Å². The minimum Gasteiger partial charge on any atom is -0.444 e. The van der Waals surface area contributed by atoms with E-state index in [2.05, 4.69) is 6.07 Å². The molecule has 31 heavy (non-hydrogen) atoms. The maximum atomic E-state index is 12.9. The number of likely N-dealkylation sites (tertiary alicyclic amines) is 1. The van der Waals surface area contributed by atoms with Gasteiger partial charge >= 0.3 is 18.0 Å². The number of hydrogen-bond donors (Lipinski definition) is 0. The number of nitrogens with zero attached hydrogens (tertiary/aromatic N) is 2. The normalized spacial score (nSPS) is 21.0. The van der Waals surface area contributed by atoms with Crippen LogP contribution in [0.15, 0.2) is 24.3 Å². The second kappa shape index (κ2) is 7.88. The van der Waals surface area contributed by atoms with Gasteiger partial charge in [0.2, 0.25) is 0 Å². The second-order valence-electron chi connectivity index (χ2n) is 9.49. The molecule has 2 heterocycles. The molecular weight excluding hydrogens is 400 g/mol. The van der Waals surface area contributed by atoms with Gasteiger partial charge in [0, 0.05) is 32.4 Å². The highest BCUT2D eigenvalue weighted by Crippen LogP contribution is 2.46. The summed E-state index contributed by atoms with van der Waals surface area (Å²) in [5.41, 5.74) is -0.340. The molecule has 0 bridgehead atoms. The Morgan fingerprint density at radius 1 is 1.10 bits per heavy atom. The van der Waals surface area contributed by atoms with E-state index in [0.717, 1.165) is 5.56 Å². The van der Waals surface area contributed by atoms with Crippen molar-refractivity contribution < 1.29 is 28.6 Å². The van der Waals surface area contributed by atoms with Crippen molar-refractivity contribution in [3.8, 4) is 6.07 Å². The molecular formula is C23H28N2O6. The molecule has 8 nitrogen and oxygen atoms in total. The number of cyclic esters (lactones) is 2. The van der Waals surface area contributed by atoms with Crippen LogP contribution in [0.25, 0.3) is 0 Å². The molecule has 0 atom stereocenters. The SMILES string of the molecule is CC(C)(C)OC(=O)N1CCC(c2ccc(C#N)cc2)(C2C(=O)OC(C)(C)OC2=O)CC1. The Balaban J connectivity index is 1.94. The average Bonchev–Trinajstić information content (AvgIpc) is 2.65. The average molecular weight is 428 g/mol. The highest BCUT2D eigenvalue weighted by Gasteiger charge is 2.56. The van der Waals surface area contributed by atoms with Crippen LogP contribution in [-0.4, -0.2) is 47.4 Å². The van der Waals surface area contributed by atoms with Gasteiger partial charge in [-0.05, 0) is 51.3 Å². The predicted octanol–water partition coefficient (Wildman–Crippen LogP) is 3.28. The lowest BCUT2D eigenvalue weighted by molar-refractivity contribution is -0.244. The monoisotopic (exact) mass is 428 g/mol. The second-order valence-corrected chi connectivity index (χ2v) is 9.49. The number of carbonyl (C=O) groups excluding carboxylic acids is 3. The van der Waals surface area contributed by atoms with Crippen LogP contribution in [0.4, 0.5) is 4.79 Å². The molecule has 8 heteroatoms. The smallest absolute Gasteiger partial charge is 0.410 e. The number of hydrogen-bond acceptors (Lipinski definition) is 7. The van der Waals surface area contributed by atoms with E-state index in [0.29, 0.717) is 31.5 Å². The van der Waals surface area contributed by atoms with E-state index in [-0.39, 0.29) is 0 Å². The van der Waals surface area contributed by atoms with Gasteiger partial charge in [-0.3, -0.25) is 9.59 Å². The highest BCUT2D eigenvalue weighted by molar-refractivity contribution is 5.98. The Kier molecular flexibility index (Phi) is 5.74. The van der Waals surface area contributed by atoms with E-state index in [1.807, 2.05) is 0 Å². The lowest BCUT2D eigenvalue weighted by Gasteiger charge is -2.47. The van der Waals surface area contributed by atoms with Gasteiger partial charge in [-0.25, -0.2) is 4.79 Å². The van der Waals surface area contributed by atoms with Gasteiger partial charge < -0.3 is 19.1 Å². The number of ether oxygens (including phenoxy) is 3. The van der Waals surface area contributed by atoms with Crippen LogP contribution in [0.5, 0.6) is 0 Å². The fraction of sp³-hybridized carbons (Fsp3) is 0.565. The standard InChI is InChI=1S/C23H28N2O6/c1-21(2,3)31-20(28)25-12-10-23(11-13-25,16-8-6-15(14-24)7-9-16)17-18(26)29-22(4,5)30-19(17)27/h6-9,17H,10-13H2,1-5H3. The van der Waals surface area contributed by atoms with E-state index in [4.69, 9.17) is 19.5 Å². The number of carbonyl (C=O) groups is 3. The van der Waals surface area contributed by atoms with E-state index < -0.39 is 40.8 Å². The van der Waals surface area contributed by atoms with Gasteiger partial charge in [-0.2, -0.15) is 5.26 Å². The van der Waals surface area contributed by atoms with Crippen molar-refractivity contribution >= 4 is 18.0 Å². The van der Waals surface area contributed by atoms with Crippen LogP contribution in [0, 0.1) is 17.2 Å². The maximum Gasteiger partial charge on any atom is 0.410 e. The lowest BCUT2D eigenvalue weighted by Crippen LogP contribution is -2.58. The Bertz CT molecular complexity index is 895. The molecule has 0 aliphatic carbocycles. The maximum absolute atomic E-state index is 12.9. The van der Waals surface area contributed by atoms with E-state index in [1.54, 1.807) is 49.9 Å². The van der Waals surface area contributed by atoms with Crippen molar-refractivity contribution in [3.05, 3.63) is 35.4 Å². The van der Waals surface area contributed by atoms with Crippen molar-refractivity contribution in [1.29, 1.82) is 5.26 Å². The van der Waals surface area contributed by atoms with Crippen molar-refractivity contribution in [1.82, 2.24) is 4.90 Å². The molecule has 2 aliphatic rings. The number of rotatable bonds is 2. The van der Waals surface area contributed by atoms with Gasteiger partial charge in [0.1, 0.15) is 5.60 Å². The molecule has 3 rings (SSSR count). The zero-order valence-corrected chi connectivity index (χ0v) is 18.6. The summed E-state index contributed by atoms with van der Waals surface area (Å²) in [4.78, 5) is 40.0. The molecule has 1 amide bonds. The number of nitriles is 1. The topological polar surface area (TPSA) is 106 Å². The summed E-state index contributed by atoms with van der Waals surface area (Å²) in [6, 6.07) is 8.88.